The Morgan fingerprint density at radius 3 is 2.36 bits per heavy atom. The summed E-state index contributed by atoms with van der Waals surface area (Å²) in [5.41, 5.74) is 1.17. The molecule has 11 heteroatoms. The Balaban J connectivity index is 1.56. The van der Waals surface area contributed by atoms with E-state index in [9.17, 15) is 26.4 Å². The smallest absolute Gasteiger partial charge is 0.369 e. The standard InChI is InChI=1S/C22H23BrF3N3O3S/c1-14-10-16-11-19(23)21(13-20(16)29(14)15(2)30)33(31,32)28-8-6-27(7-9-28)18-5-3-4-17(12-18)22(24,25)26/h3-5,11-14H,6-10H2,1-2H3/t14-/m0/s1. The summed E-state index contributed by atoms with van der Waals surface area (Å²) in [5.74, 6) is -0.151. The number of anilines is 2. The van der Waals surface area contributed by atoms with Crippen LogP contribution in [0.1, 0.15) is 25.0 Å². The average molecular weight is 546 g/mol. The van der Waals surface area contributed by atoms with Gasteiger partial charge < -0.3 is 9.80 Å². The molecule has 0 unspecified atom stereocenters. The Morgan fingerprint density at radius 1 is 1.09 bits per heavy atom. The molecule has 1 amide bonds. The Kier molecular flexibility index (Phi) is 6.25. The number of sulfonamides is 1. The van der Waals surface area contributed by atoms with Crippen LogP contribution in [0.5, 0.6) is 0 Å². The quantitative estimate of drug-likeness (QED) is 0.577. The van der Waals surface area contributed by atoms with E-state index in [1.165, 1.54) is 17.3 Å². The second kappa shape index (κ2) is 8.59. The molecular formula is C22H23BrF3N3O3S. The SMILES string of the molecule is CC(=O)N1c2cc(S(=O)(=O)N3CCN(c4cccc(C(F)(F)F)c4)CC3)c(Br)cc2C[C@@H]1C. The van der Waals surface area contributed by atoms with Crippen LogP contribution < -0.4 is 9.80 Å². The van der Waals surface area contributed by atoms with E-state index < -0.39 is 21.8 Å². The molecule has 0 aromatic heterocycles. The van der Waals surface area contributed by atoms with Crippen molar-refractivity contribution in [2.75, 3.05) is 36.0 Å². The first-order valence-corrected chi connectivity index (χ1v) is 12.7. The molecule has 1 atom stereocenters. The van der Waals surface area contributed by atoms with Crippen LogP contribution in [0, 0.1) is 0 Å². The van der Waals surface area contributed by atoms with E-state index in [-0.39, 0.29) is 43.0 Å². The van der Waals surface area contributed by atoms with E-state index in [1.807, 2.05) is 6.92 Å². The van der Waals surface area contributed by atoms with E-state index in [0.29, 0.717) is 22.3 Å². The predicted octanol–water partition coefficient (Wildman–Crippen LogP) is 4.28. The largest absolute Gasteiger partial charge is 0.416 e. The summed E-state index contributed by atoms with van der Waals surface area (Å²) in [4.78, 5) is 15.5. The van der Waals surface area contributed by atoms with Gasteiger partial charge in [-0.1, -0.05) is 6.07 Å². The van der Waals surface area contributed by atoms with Crippen molar-refractivity contribution in [3.05, 3.63) is 52.0 Å². The number of hydrogen-bond donors (Lipinski definition) is 0. The van der Waals surface area contributed by atoms with E-state index >= 15 is 0 Å². The van der Waals surface area contributed by atoms with Crippen molar-refractivity contribution in [2.45, 2.75) is 37.4 Å². The van der Waals surface area contributed by atoms with Crippen molar-refractivity contribution >= 4 is 43.2 Å². The highest BCUT2D eigenvalue weighted by molar-refractivity contribution is 9.10. The highest BCUT2D eigenvalue weighted by Crippen LogP contribution is 2.39. The first-order valence-electron chi connectivity index (χ1n) is 10.4. The molecule has 2 aliphatic rings. The van der Waals surface area contributed by atoms with Gasteiger partial charge in [-0.15, -0.1) is 0 Å². The molecule has 0 aliphatic carbocycles. The summed E-state index contributed by atoms with van der Waals surface area (Å²) in [6.07, 6.45) is -3.80. The second-order valence-electron chi connectivity index (χ2n) is 8.29. The summed E-state index contributed by atoms with van der Waals surface area (Å²) in [6.45, 7) is 4.16. The van der Waals surface area contributed by atoms with Crippen LogP contribution in [0.25, 0.3) is 0 Å². The number of piperazine rings is 1. The van der Waals surface area contributed by atoms with E-state index in [4.69, 9.17) is 0 Å². The van der Waals surface area contributed by atoms with E-state index in [1.54, 1.807) is 28.0 Å². The lowest BCUT2D eigenvalue weighted by Crippen LogP contribution is -2.48. The second-order valence-corrected chi connectivity index (χ2v) is 11.1. The molecular weight excluding hydrogens is 523 g/mol. The summed E-state index contributed by atoms with van der Waals surface area (Å²) >= 11 is 3.38. The first kappa shape index (κ1) is 24.0. The number of benzene rings is 2. The van der Waals surface area contributed by atoms with Gasteiger partial charge in [-0.05, 0) is 65.2 Å². The molecule has 33 heavy (non-hydrogen) atoms. The fourth-order valence-corrected chi connectivity index (χ4v) is 6.99. The highest BCUT2D eigenvalue weighted by atomic mass is 79.9. The minimum Gasteiger partial charge on any atom is -0.369 e. The van der Waals surface area contributed by atoms with Crippen molar-refractivity contribution < 1.29 is 26.4 Å². The first-order chi connectivity index (χ1) is 15.4. The molecule has 178 valence electrons. The molecule has 4 rings (SSSR count). The third kappa shape index (κ3) is 4.50. The maximum Gasteiger partial charge on any atom is 0.416 e. The Morgan fingerprint density at radius 2 is 1.76 bits per heavy atom. The fourth-order valence-electron chi connectivity index (χ4n) is 4.50. The average Bonchev–Trinajstić information content (AvgIpc) is 3.07. The zero-order valence-corrected chi connectivity index (χ0v) is 20.5. The lowest BCUT2D eigenvalue weighted by atomic mass is 10.1. The number of rotatable bonds is 3. The van der Waals surface area contributed by atoms with Gasteiger partial charge in [0.1, 0.15) is 0 Å². The van der Waals surface area contributed by atoms with Gasteiger partial charge in [0.15, 0.2) is 0 Å². The number of carbonyl (C=O) groups is 1. The van der Waals surface area contributed by atoms with Crippen LogP contribution in [0.2, 0.25) is 0 Å². The molecule has 2 aromatic rings. The number of fused-ring (bicyclic) bond motifs is 1. The van der Waals surface area contributed by atoms with Gasteiger partial charge in [0.05, 0.1) is 10.5 Å². The molecule has 1 saturated heterocycles. The Hall–Kier alpha value is -2.11. The minimum atomic E-state index is -4.44. The number of nitrogens with zero attached hydrogens (tertiary/aromatic N) is 3. The lowest BCUT2D eigenvalue weighted by Gasteiger charge is -2.35. The van der Waals surface area contributed by atoms with Crippen LogP contribution in [0.4, 0.5) is 24.5 Å². The zero-order chi connectivity index (χ0) is 24.1. The Bertz CT molecular complexity index is 1200. The number of carbonyl (C=O) groups excluding carboxylic acids is 1. The van der Waals surface area contributed by atoms with Crippen LogP contribution in [-0.2, 0) is 27.4 Å². The molecule has 0 bridgehead atoms. The molecule has 2 aromatic carbocycles. The molecule has 2 heterocycles. The predicted molar refractivity (Wildman–Crippen MR) is 123 cm³/mol. The lowest BCUT2D eigenvalue weighted by molar-refractivity contribution is -0.137. The van der Waals surface area contributed by atoms with Crippen LogP contribution in [0.15, 0.2) is 45.8 Å². The summed E-state index contributed by atoms with van der Waals surface area (Å²) in [5, 5.41) is 0. The minimum absolute atomic E-state index is 0.0571. The van der Waals surface area contributed by atoms with Gasteiger partial charge in [-0.25, -0.2) is 8.42 Å². The van der Waals surface area contributed by atoms with Gasteiger partial charge in [-0.2, -0.15) is 17.5 Å². The number of hydrogen-bond acceptors (Lipinski definition) is 4. The van der Waals surface area contributed by atoms with Gasteiger partial charge in [0.2, 0.25) is 15.9 Å². The zero-order valence-electron chi connectivity index (χ0n) is 18.1. The fraction of sp³-hybridized carbons (Fsp3) is 0.409. The number of alkyl halides is 3. The third-order valence-electron chi connectivity index (χ3n) is 6.08. The van der Waals surface area contributed by atoms with Crippen LogP contribution in [0.3, 0.4) is 0 Å². The van der Waals surface area contributed by atoms with Crippen molar-refractivity contribution in [3.8, 4) is 0 Å². The third-order valence-corrected chi connectivity index (χ3v) is 8.94. The van der Waals surface area contributed by atoms with Gasteiger partial charge in [-0.3, -0.25) is 4.79 Å². The molecule has 0 saturated carbocycles. The molecule has 0 N–H and O–H groups in total. The molecule has 0 radical (unpaired) electrons. The molecule has 0 spiro atoms. The number of halogens is 4. The molecule has 1 fully saturated rings. The van der Waals surface area contributed by atoms with Crippen molar-refractivity contribution in [2.24, 2.45) is 0 Å². The summed E-state index contributed by atoms with van der Waals surface area (Å²) in [7, 11) is -3.88. The van der Waals surface area contributed by atoms with Crippen molar-refractivity contribution in [1.29, 1.82) is 0 Å². The van der Waals surface area contributed by atoms with Gasteiger partial charge in [0, 0.05) is 55.0 Å². The number of amides is 1. The molecule has 2 aliphatic heterocycles. The maximum absolute atomic E-state index is 13.4. The summed E-state index contributed by atoms with van der Waals surface area (Å²) in [6, 6.07) is 8.27. The summed E-state index contributed by atoms with van der Waals surface area (Å²) < 4.78 is 67.7. The van der Waals surface area contributed by atoms with E-state index in [0.717, 1.165) is 17.7 Å². The highest BCUT2D eigenvalue weighted by Gasteiger charge is 2.36. The topological polar surface area (TPSA) is 60.9 Å². The maximum atomic E-state index is 13.4. The van der Waals surface area contributed by atoms with Crippen LogP contribution >= 0.6 is 15.9 Å². The monoisotopic (exact) mass is 545 g/mol. The normalized spacial score (nSPS) is 19.6. The van der Waals surface area contributed by atoms with Gasteiger partial charge in [0.25, 0.3) is 0 Å². The van der Waals surface area contributed by atoms with Crippen molar-refractivity contribution in [1.82, 2.24) is 4.31 Å². The van der Waals surface area contributed by atoms with Crippen LogP contribution in [-0.4, -0.2) is 50.9 Å². The van der Waals surface area contributed by atoms with Crippen molar-refractivity contribution in [3.63, 3.8) is 0 Å². The van der Waals surface area contributed by atoms with Gasteiger partial charge >= 0.3 is 6.18 Å². The van der Waals surface area contributed by atoms with E-state index in [2.05, 4.69) is 15.9 Å². The molecule has 6 nitrogen and oxygen atoms in total. The Labute approximate surface area is 199 Å².